The molecule has 0 spiro atoms. The van der Waals surface area contributed by atoms with Crippen LogP contribution in [0.25, 0.3) is 0 Å². The molecule has 0 bridgehead atoms. The molecule has 0 unspecified atom stereocenters. The van der Waals surface area contributed by atoms with Crippen molar-refractivity contribution in [1.29, 1.82) is 0 Å². The number of guanidine groups is 1. The van der Waals surface area contributed by atoms with Crippen LogP contribution in [-0.2, 0) is 6.54 Å². The molecule has 3 rings (SSSR count). The molecule has 10 heteroatoms. The molecule has 1 heterocycles. The Balaban J connectivity index is 1.42. The molecule has 0 radical (unpaired) electrons. The standard InChI is InChI=1S/C22H23F3N4O3/c1-26-21(28-14-15-8-2-5-11-18(15)32-22(23,24)25)27-12-6-7-13-29-19(30)16-9-3-4-10-17(16)20(29)31/h2-5,8-11H,6-7,12-14H2,1H3,(H2,26,27,28). The van der Waals surface area contributed by atoms with Crippen molar-refractivity contribution in [3.05, 3.63) is 65.2 Å². The summed E-state index contributed by atoms with van der Waals surface area (Å²) in [5.41, 5.74) is 1.18. The van der Waals surface area contributed by atoms with Gasteiger partial charge in [-0.3, -0.25) is 19.5 Å². The molecule has 2 aromatic rings. The van der Waals surface area contributed by atoms with Gasteiger partial charge in [0.05, 0.1) is 11.1 Å². The number of rotatable bonds is 8. The number of ether oxygens (including phenoxy) is 1. The average Bonchev–Trinajstić information content (AvgIpc) is 3.00. The van der Waals surface area contributed by atoms with Crippen LogP contribution in [0.5, 0.6) is 5.75 Å². The predicted molar refractivity (Wildman–Crippen MR) is 112 cm³/mol. The van der Waals surface area contributed by atoms with E-state index in [-0.39, 0.29) is 24.1 Å². The van der Waals surface area contributed by atoms with Crippen molar-refractivity contribution < 1.29 is 27.5 Å². The summed E-state index contributed by atoms with van der Waals surface area (Å²) in [5, 5.41) is 6.00. The number of amides is 2. The van der Waals surface area contributed by atoms with E-state index in [2.05, 4.69) is 20.4 Å². The third-order valence-electron chi connectivity index (χ3n) is 4.85. The number of aliphatic imine (C=N–C) groups is 1. The number of fused-ring (bicyclic) bond motifs is 1. The molecule has 0 aliphatic carbocycles. The van der Waals surface area contributed by atoms with Crippen molar-refractivity contribution >= 4 is 17.8 Å². The van der Waals surface area contributed by atoms with Gasteiger partial charge in [-0.1, -0.05) is 30.3 Å². The van der Waals surface area contributed by atoms with Gasteiger partial charge in [0.15, 0.2) is 5.96 Å². The number of nitrogens with zero attached hydrogens (tertiary/aromatic N) is 2. The highest BCUT2D eigenvalue weighted by Gasteiger charge is 2.34. The minimum atomic E-state index is -4.77. The van der Waals surface area contributed by atoms with Gasteiger partial charge in [-0.2, -0.15) is 0 Å². The third-order valence-corrected chi connectivity index (χ3v) is 4.85. The molecule has 7 nitrogen and oxygen atoms in total. The second-order valence-electron chi connectivity index (χ2n) is 7.02. The van der Waals surface area contributed by atoms with Crippen molar-refractivity contribution in [3.63, 3.8) is 0 Å². The van der Waals surface area contributed by atoms with Gasteiger partial charge in [0, 0.05) is 32.2 Å². The maximum atomic E-state index is 12.5. The fraction of sp³-hybridized carbons (Fsp3) is 0.318. The lowest BCUT2D eigenvalue weighted by Gasteiger charge is -2.16. The summed E-state index contributed by atoms with van der Waals surface area (Å²) in [6.07, 6.45) is -3.52. The van der Waals surface area contributed by atoms with Crippen LogP contribution in [0, 0.1) is 0 Å². The van der Waals surface area contributed by atoms with Gasteiger partial charge < -0.3 is 15.4 Å². The number of imide groups is 1. The van der Waals surface area contributed by atoms with Gasteiger partial charge in [-0.25, -0.2) is 0 Å². The molecule has 170 valence electrons. The molecule has 1 aliphatic heterocycles. The molecule has 2 N–H and O–H groups in total. The zero-order valence-corrected chi connectivity index (χ0v) is 17.4. The fourth-order valence-corrected chi connectivity index (χ4v) is 3.32. The summed E-state index contributed by atoms with van der Waals surface area (Å²) in [6.45, 7) is 0.896. The lowest BCUT2D eigenvalue weighted by atomic mass is 10.1. The van der Waals surface area contributed by atoms with E-state index in [0.717, 1.165) is 0 Å². The summed E-state index contributed by atoms with van der Waals surface area (Å²) in [7, 11) is 1.55. The van der Waals surface area contributed by atoms with E-state index in [4.69, 9.17) is 0 Å². The number of hydrogen-bond acceptors (Lipinski definition) is 4. The van der Waals surface area contributed by atoms with Crippen LogP contribution in [0.1, 0.15) is 39.1 Å². The maximum Gasteiger partial charge on any atom is 0.573 e. The first-order chi connectivity index (χ1) is 15.3. The summed E-state index contributed by atoms with van der Waals surface area (Å²) in [5.74, 6) is -0.428. The van der Waals surface area contributed by atoms with Gasteiger partial charge in [0.25, 0.3) is 11.8 Å². The molecular weight excluding hydrogens is 425 g/mol. The first kappa shape index (κ1) is 23.1. The summed E-state index contributed by atoms with van der Waals surface area (Å²) in [6, 6.07) is 12.6. The molecule has 2 amide bonds. The monoisotopic (exact) mass is 448 g/mol. The minimum Gasteiger partial charge on any atom is -0.405 e. The van der Waals surface area contributed by atoms with Crippen LogP contribution in [-0.4, -0.2) is 49.2 Å². The van der Waals surface area contributed by atoms with Crippen molar-refractivity contribution in [2.45, 2.75) is 25.7 Å². The average molecular weight is 448 g/mol. The molecule has 0 aromatic heterocycles. The van der Waals surface area contributed by atoms with E-state index < -0.39 is 6.36 Å². The van der Waals surface area contributed by atoms with Crippen molar-refractivity contribution in [2.24, 2.45) is 4.99 Å². The first-order valence-corrected chi connectivity index (χ1v) is 10.0. The van der Waals surface area contributed by atoms with Crippen LogP contribution < -0.4 is 15.4 Å². The Morgan fingerprint density at radius 3 is 2.22 bits per heavy atom. The van der Waals surface area contributed by atoms with Crippen LogP contribution >= 0.6 is 0 Å². The number of carbonyl (C=O) groups is 2. The molecule has 2 aromatic carbocycles. The van der Waals surface area contributed by atoms with Crippen LogP contribution in [0.2, 0.25) is 0 Å². The highest BCUT2D eigenvalue weighted by atomic mass is 19.4. The third kappa shape index (κ3) is 5.77. The van der Waals surface area contributed by atoms with Crippen molar-refractivity contribution in [1.82, 2.24) is 15.5 Å². The SMILES string of the molecule is CN=C(NCCCCN1C(=O)c2ccccc2C1=O)NCc1ccccc1OC(F)(F)F. The lowest BCUT2D eigenvalue weighted by Crippen LogP contribution is -2.38. The quantitative estimate of drug-likeness (QED) is 0.280. The number of carbonyl (C=O) groups excluding carboxylic acids is 2. The largest absolute Gasteiger partial charge is 0.573 e. The van der Waals surface area contributed by atoms with Gasteiger partial charge in [-0.05, 0) is 31.0 Å². The van der Waals surface area contributed by atoms with Crippen LogP contribution in [0.4, 0.5) is 13.2 Å². The number of benzene rings is 2. The summed E-state index contributed by atoms with van der Waals surface area (Å²) < 4.78 is 41.7. The van der Waals surface area contributed by atoms with Gasteiger partial charge in [-0.15, -0.1) is 13.2 Å². The van der Waals surface area contributed by atoms with E-state index in [1.54, 1.807) is 37.4 Å². The molecule has 0 saturated heterocycles. The number of halogens is 3. The Morgan fingerprint density at radius 1 is 0.969 bits per heavy atom. The van der Waals surface area contributed by atoms with E-state index in [1.165, 1.54) is 23.1 Å². The van der Waals surface area contributed by atoms with Gasteiger partial charge >= 0.3 is 6.36 Å². The minimum absolute atomic E-state index is 0.0843. The second-order valence-corrected chi connectivity index (χ2v) is 7.02. The van der Waals surface area contributed by atoms with Crippen molar-refractivity contribution in [2.75, 3.05) is 20.1 Å². The van der Waals surface area contributed by atoms with E-state index >= 15 is 0 Å². The lowest BCUT2D eigenvalue weighted by molar-refractivity contribution is -0.274. The molecular formula is C22H23F3N4O3. The Bertz CT molecular complexity index is 973. The summed E-state index contributed by atoms with van der Waals surface area (Å²) in [4.78, 5) is 30.0. The number of para-hydroxylation sites is 1. The fourth-order valence-electron chi connectivity index (χ4n) is 3.32. The normalized spacial score (nSPS) is 13.9. The Morgan fingerprint density at radius 2 is 1.59 bits per heavy atom. The van der Waals surface area contributed by atoms with Crippen LogP contribution in [0.3, 0.4) is 0 Å². The van der Waals surface area contributed by atoms with E-state index in [9.17, 15) is 22.8 Å². The highest BCUT2D eigenvalue weighted by molar-refractivity contribution is 6.21. The van der Waals surface area contributed by atoms with Crippen molar-refractivity contribution in [3.8, 4) is 5.75 Å². The topological polar surface area (TPSA) is 83.0 Å². The van der Waals surface area contributed by atoms with Crippen LogP contribution in [0.15, 0.2) is 53.5 Å². The summed E-state index contributed by atoms with van der Waals surface area (Å²) >= 11 is 0. The molecule has 0 atom stereocenters. The Kier molecular flexibility index (Phi) is 7.34. The number of nitrogens with one attached hydrogen (secondary N) is 2. The predicted octanol–water partition coefficient (Wildman–Crippen LogP) is 3.33. The first-order valence-electron chi connectivity index (χ1n) is 10.0. The maximum absolute atomic E-state index is 12.5. The van der Waals surface area contributed by atoms with E-state index in [1.807, 2.05) is 0 Å². The Labute approximate surface area is 183 Å². The smallest absolute Gasteiger partial charge is 0.405 e. The molecule has 0 fully saturated rings. The van der Waals surface area contributed by atoms with Gasteiger partial charge in [0.2, 0.25) is 0 Å². The number of alkyl halides is 3. The molecule has 0 saturated carbocycles. The number of hydrogen-bond donors (Lipinski definition) is 2. The van der Waals surface area contributed by atoms with Gasteiger partial charge in [0.1, 0.15) is 5.75 Å². The highest BCUT2D eigenvalue weighted by Crippen LogP contribution is 2.26. The zero-order valence-electron chi connectivity index (χ0n) is 17.4. The second kappa shape index (κ2) is 10.2. The molecule has 32 heavy (non-hydrogen) atoms. The number of unbranched alkanes of at least 4 members (excludes halogenated alkanes) is 1. The zero-order chi connectivity index (χ0) is 23.1. The van der Waals surface area contributed by atoms with E-state index in [0.29, 0.717) is 48.6 Å². The Hall–Kier alpha value is -3.56. The molecule has 1 aliphatic rings.